The van der Waals surface area contributed by atoms with Crippen LogP contribution in [0.1, 0.15) is 38.5 Å². The molecule has 0 radical (unpaired) electrons. The lowest BCUT2D eigenvalue weighted by Gasteiger charge is -2.53. The van der Waals surface area contributed by atoms with Crippen molar-refractivity contribution in [1.82, 2.24) is 4.90 Å². The van der Waals surface area contributed by atoms with Gasteiger partial charge in [0.1, 0.15) is 0 Å². The van der Waals surface area contributed by atoms with Crippen molar-refractivity contribution in [3.05, 3.63) is 0 Å². The summed E-state index contributed by atoms with van der Waals surface area (Å²) in [6, 6.07) is 0. The molecule has 3 saturated carbocycles. The van der Waals surface area contributed by atoms with Gasteiger partial charge in [-0.25, -0.2) is 0 Å². The average molecular weight is 238 g/mol. The van der Waals surface area contributed by atoms with E-state index >= 15 is 0 Å². The molecule has 3 aliphatic carbocycles. The third-order valence-corrected chi connectivity index (χ3v) is 4.95. The molecule has 0 saturated heterocycles. The molecule has 0 unspecified atom stereocenters. The Labute approximate surface area is 105 Å². The van der Waals surface area contributed by atoms with Crippen molar-refractivity contribution >= 4 is 0 Å². The Morgan fingerprint density at radius 3 is 2.00 bits per heavy atom. The monoisotopic (exact) mass is 238 g/mol. The van der Waals surface area contributed by atoms with E-state index in [4.69, 9.17) is 10.5 Å². The van der Waals surface area contributed by atoms with Crippen LogP contribution in [-0.2, 0) is 4.74 Å². The molecule has 3 rings (SSSR count). The van der Waals surface area contributed by atoms with Gasteiger partial charge in [-0.2, -0.15) is 0 Å². The number of hydrogen-bond acceptors (Lipinski definition) is 3. The van der Waals surface area contributed by atoms with Crippen molar-refractivity contribution in [2.24, 2.45) is 17.6 Å². The molecule has 3 fully saturated rings. The number of methoxy groups -OCH3 is 1. The van der Waals surface area contributed by atoms with E-state index in [2.05, 4.69) is 4.90 Å². The van der Waals surface area contributed by atoms with Gasteiger partial charge in [-0.15, -0.1) is 0 Å². The van der Waals surface area contributed by atoms with Gasteiger partial charge in [0, 0.05) is 32.3 Å². The number of nitrogens with two attached hydrogens (primary N) is 1. The molecule has 2 N–H and O–H groups in total. The minimum absolute atomic E-state index is 0.284. The summed E-state index contributed by atoms with van der Waals surface area (Å²) in [4.78, 5) is 2.73. The van der Waals surface area contributed by atoms with Gasteiger partial charge in [0.15, 0.2) is 0 Å². The Hall–Kier alpha value is -0.120. The van der Waals surface area contributed by atoms with Gasteiger partial charge in [0.05, 0.1) is 6.10 Å². The van der Waals surface area contributed by atoms with E-state index in [1.54, 1.807) is 0 Å². The highest BCUT2D eigenvalue weighted by molar-refractivity contribution is 5.06. The van der Waals surface area contributed by atoms with Crippen molar-refractivity contribution in [2.75, 3.05) is 26.7 Å². The zero-order chi connectivity index (χ0) is 11.9. The first-order valence-electron chi connectivity index (χ1n) is 7.23. The molecular weight excluding hydrogens is 212 g/mol. The second-order valence-electron chi connectivity index (χ2n) is 6.49. The summed E-state index contributed by atoms with van der Waals surface area (Å²) in [6.45, 7) is 3.40. The maximum Gasteiger partial charge on any atom is 0.0607 e. The molecular formula is C14H26N2O. The van der Waals surface area contributed by atoms with Crippen LogP contribution in [0.3, 0.4) is 0 Å². The molecule has 0 spiro atoms. The number of rotatable bonds is 7. The van der Waals surface area contributed by atoms with Crippen molar-refractivity contribution in [2.45, 2.75) is 50.2 Å². The minimum atomic E-state index is 0.284. The average Bonchev–Trinajstić information content (AvgIpc) is 3.11. The molecule has 0 aromatic heterocycles. The smallest absolute Gasteiger partial charge is 0.0607 e. The number of hydrogen-bond donors (Lipinski definition) is 1. The summed E-state index contributed by atoms with van der Waals surface area (Å²) >= 11 is 0. The van der Waals surface area contributed by atoms with E-state index < -0.39 is 0 Å². The SMILES string of the molecule is COC1CC(CN)(N(CC2CC2)CC2CC2)C1. The van der Waals surface area contributed by atoms with Crippen molar-refractivity contribution in [3.8, 4) is 0 Å². The standard InChI is InChI=1S/C14H26N2O/c1-17-13-6-14(7-13,10-15)16(8-11-2-3-11)9-12-4-5-12/h11-13H,2-10,15H2,1H3. The predicted octanol–water partition coefficient (Wildman–Crippen LogP) is 1.61. The quantitative estimate of drug-likeness (QED) is 0.732. The zero-order valence-electron chi connectivity index (χ0n) is 11.0. The Morgan fingerprint density at radius 1 is 1.12 bits per heavy atom. The first-order valence-corrected chi connectivity index (χ1v) is 7.23. The maximum absolute atomic E-state index is 6.08. The van der Waals surface area contributed by atoms with Gasteiger partial charge in [-0.1, -0.05) is 0 Å². The summed E-state index contributed by atoms with van der Waals surface area (Å²) in [6.07, 6.45) is 8.52. The van der Waals surface area contributed by atoms with Crippen LogP contribution in [0.15, 0.2) is 0 Å². The Kier molecular flexibility index (Phi) is 3.18. The van der Waals surface area contributed by atoms with Crippen LogP contribution < -0.4 is 5.73 Å². The largest absolute Gasteiger partial charge is 0.381 e. The fourth-order valence-electron chi connectivity index (χ4n) is 3.19. The van der Waals surface area contributed by atoms with Gasteiger partial charge in [0.2, 0.25) is 0 Å². The van der Waals surface area contributed by atoms with Crippen LogP contribution in [0.25, 0.3) is 0 Å². The van der Waals surface area contributed by atoms with Crippen LogP contribution in [0, 0.1) is 11.8 Å². The van der Waals surface area contributed by atoms with E-state index in [9.17, 15) is 0 Å². The molecule has 3 aliphatic rings. The Balaban J connectivity index is 1.62. The van der Waals surface area contributed by atoms with E-state index in [1.807, 2.05) is 7.11 Å². The molecule has 0 amide bonds. The van der Waals surface area contributed by atoms with Crippen LogP contribution in [0.4, 0.5) is 0 Å². The number of ether oxygens (including phenoxy) is 1. The number of nitrogens with zero attached hydrogens (tertiary/aromatic N) is 1. The summed E-state index contributed by atoms with van der Waals surface area (Å²) in [5, 5.41) is 0. The van der Waals surface area contributed by atoms with Gasteiger partial charge in [-0.3, -0.25) is 4.90 Å². The molecule has 3 heteroatoms. The molecule has 0 aromatic rings. The first kappa shape index (κ1) is 11.9. The second kappa shape index (κ2) is 4.52. The van der Waals surface area contributed by atoms with Gasteiger partial charge >= 0.3 is 0 Å². The minimum Gasteiger partial charge on any atom is -0.381 e. The fourth-order valence-corrected chi connectivity index (χ4v) is 3.19. The van der Waals surface area contributed by atoms with Crippen molar-refractivity contribution < 1.29 is 4.74 Å². The van der Waals surface area contributed by atoms with Crippen LogP contribution in [0.5, 0.6) is 0 Å². The summed E-state index contributed by atoms with van der Waals surface area (Å²) in [7, 11) is 1.83. The van der Waals surface area contributed by atoms with Gasteiger partial charge < -0.3 is 10.5 Å². The van der Waals surface area contributed by atoms with Crippen LogP contribution in [0.2, 0.25) is 0 Å². The van der Waals surface area contributed by atoms with E-state index in [-0.39, 0.29) is 5.54 Å². The van der Waals surface area contributed by atoms with Gasteiger partial charge in [0.25, 0.3) is 0 Å². The van der Waals surface area contributed by atoms with Gasteiger partial charge in [-0.05, 0) is 50.4 Å². The van der Waals surface area contributed by atoms with Crippen molar-refractivity contribution in [1.29, 1.82) is 0 Å². The molecule has 3 nitrogen and oxygen atoms in total. The van der Waals surface area contributed by atoms with Crippen LogP contribution >= 0.6 is 0 Å². The normalized spacial score (nSPS) is 37.2. The Bertz CT molecular complexity index is 253. The predicted molar refractivity (Wildman–Crippen MR) is 68.8 cm³/mol. The molecule has 0 aliphatic heterocycles. The molecule has 0 heterocycles. The molecule has 17 heavy (non-hydrogen) atoms. The third-order valence-electron chi connectivity index (χ3n) is 4.95. The summed E-state index contributed by atoms with van der Waals surface area (Å²) in [5.74, 6) is 1.94. The lowest BCUT2D eigenvalue weighted by molar-refractivity contribution is -0.0901. The maximum atomic E-state index is 6.08. The molecule has 0 bridgehead atoms. The molecule has 98 valence electrons. The first-order chi connectivity index (χ1) is 8.25. The fraction of sp³-hybridized carbons (Fsp3) is 1.00. The van der Waals surface area contributed by atoms with E-state index in [1.165, 1.54) is 38.8 Å². The molecule has 0 aromatic carbocycles. The molecule has 0 atom stereocenters. The zero-order valence-corrected chi connectivity index (χ0v) is 11.0. The highest BCUT2D eigenvalue weighted by Gasteiger charge is 2.49. The van der Waals surface area contributed by atoms with Crippen molar-refractivity contribution in [3.63, 3.8) is 0 Å². The summed E-state index contributed by atoms with van der Waals surface area (Å²) < 4.78 is 5.45. The van der Waals surface area contributed by atoms with E-state index in [0.29, 0.717) is 6.10 Å². The summed E-state index contributed by atoms with van der Waals surface area (Å²) in [5.41, 5.74) is 6.37. The Morgan fingerprint density at radius 2 is 1.65 bits per heavy atom. The second-order valence-corrected chi connectivity index (χ2v) is 6.49. The topological polar surface area (TPSA) is 38.5 Å². The lowest BCUT2D eigenvalue weighted by atomic mass is 9.72. The van der Waals surface area contributed by atoms with Crippen LogP contribution in [-0.4, -0.2) is 43.3 Å². The highest BCUT2D eigenvalue weighted by atomic mass is 16.5. The third kappa shape index (κ3) is 2.51. The lowest BCUT2D eigenvalue weighted by Crippen LogP contribution is -2.64. The van der Waals surface area contributed by atoms with E-state index in [0.717, 1.165) is 31.2 Å². The highest BCUT2D eigenvalue weighted by Crippen LogP contribution is 2.44.